The van der Waals surface area contributed by atoms with Crippen molar-refractivity contribution in [3.8, 4) is 0 Å². The number of hydrogen-bond acceptors (Lipinski definition) is 2. The molecule has 23 heavy (non-hydrogen) atoms. The molecule has 0 saturated carbocycles. The van der Waals surface area contributed by atoms with Gasteiger partial charge in [-0.1, -0.05) is 38.7 Å². The molecule has 2 atom stereocenters. The van der Waals surface area contributed by atoms with Crippen molar-refractivity contribution >= 4 is 5.69 Å². The third-order valence-electron chi connectivity index (χ3n) is 4.75. The highest BCUT2D eigenvalue weighted by Gasteiger charge is 2.24. The normalized spacial score (nSPS) is 21.7. The number of nitrogens with zero attached hydrogens (tertiary/aromatic N) is 1. The van der Waals surface area contributed by atoms with Crippen molar-refractivity contribution in [1.29, 1.82) is 0 Å². The topological polar surface area (TPSA) is 12.5 Å². The Labute approximate surface area is 141 Å². The highest BCUT2D eigenvalue weighted by Crippen LogP contribution is 2.28. The molecule has 1 aliphatic rings. The van der Waals surface area contributed by atoms with E-state index in [9.17, 15) is 4.39 Å². The summed E-state index contributed by atoms with van der Waals surface area (Å²) in [6.45, 7) is 9.96. The zero-order valence-electron chi connectivity index (χ0n) is 15.2. The number of anilines is 1. The second-order valence-electron chi connectivity index (χ2n) is 7.01. The minimum atomic E-state index is -0.00945. The van der Waals surface area contributed by atoms with E-state index in [0.29, 0.717) is 0 Å². The molecule has 1 heterocycles. The van der Waals surface area contributed by atoms with Crippen LogP contribution in [0.25, 0.3) is 0 Å². The number of aryl methyl sites for hydroxylation is 1. The largest absolute Gasteiger partial charge is 0.372 e. The van der Waals surface area contributed by atoms with Gasteiger partial charge in [-0.15, -0.1) is 0 Å². The number of halogens is 1. The van der Waals surface area contributed by atoms with Crippen molar-refractivity contribution < 1.29 is 9.13 Å². The lowest BCUT2D eigenvalue weighted by atomic mass is 10.0. The van der Waals surface area contributed by atoms with Gasteiger partial charge in [0, 0.05) is 24.3 Å². The average molecular weight is 321 g/mol. The molecule has 0 aromatic heterocycles. The first-order valence-electron chi connectivity index (χ1n) is 9.21. The SMILES string of the molecule is CCCCCCCc1ccc(N2CC(C)O[C@H](C)C2)c(C)c1F. The fourth-order valence-corrected chi connectivity index (χ4v) is 3.56. The lowest BCUT2D eigenvalue weighted by Crippen LogP contribution is -2.45. The van der Waals surface area contributed by atoms with Crippen LogP contribution < -0.4 is 4.90 Å². The minimum absolute atomic E-state index is 0.00945. The molecular weight excluding hydrogens is 289 g/mol. The van der Waals surface area contributed by atoms with Crippen molar-refractivity contribution in [3.05, 3.63) is 29.1 Å². The Morgan fingerprint density at radius 1 is 1.09 bits per heavy atom. The summed E-state index contributed by atoms with van der Waals surface area (Å²) in [5.41, 5.74) is 2.69. The van der Waals surface area contributed by atoms with Crippen LogP contribution in [0.1, 0.15) is 64.0 Å². The summed E-state index contributed by atoms with van der Waals surface area (Å²) in [4.78, 5) is 2.27. The maximum atomic E-state index is 14.7. The average Bonchev–Trinajstić information content (AvgIpc) is 2.50. The first-order chi connectivity index (χ1) is 11.0. The fraction of sp³-hybridized carbons (Fsp3) is 0.700. The van der Waals surface area contributed by atoms with E-state index in [2.05, 4.69) is 31.7 Å². The molecule has 2 nitrogen and oxygen atoms in total. The molecular formula is C20H32FNO. The number of ether oxygens (including phenoxy) is 1. The molecule has 0 bridgehead atoms. The molecule has 130 valence electrons. The maximum absolute atomic E-state index is 14.7. The molecule has 1 saturated heterocycles. The van der Waals surface area contributed by atoms with Gasteiger partial charge in [0.2, 0.25) is 0 Å². The third-order valence-corrected chi connectivity index (χ3v) is 4.75. The van der Waals surface area contributed by atoms with Crippen LogP contribution in [0.3, 0.4) is 0 Å². The Morgan fingerprint density at radius 2 is 1.74 bits per heavy atom. The van der Waals surface area contributed by atoms with E-state index < -0.39 is 0 Å². The predicted molar refractivity (Wildman–Crippen MR) is 95.8 cm³/mol. The summed E-state index contributed by atoms with van der Waals surface area (Å²) in [5.74, 6) is -0.00945. The van der Waals surface area contributed by atoms with Crippen molar-refractivity contribution in [3.63, 3.8) is 0 Å². The lowest BCUT2D eigenvalue weighted by Gasteiger charge is -2.37. The molecule has 1 aromatic rings. The van der Waals surface area contributed by atoms with E-state index in [-0.39, 0.29) is 18.0 Å². The van der Waals surface area contributed by atoms with Gasteiger partial charge in [0.1, 0.15) is 5.82 Å². The van der Waals surface area contributed by atoms with Gasteiger partial charge in [-0.05, 0) is 45.2 Å². The van der Waals surface area contributed by atoms with E-state index >= 15 is 0 Å². The van der Waals surface area contributed by atoms with Crippen molar-refractivity contribution in [1.82, 2.24) is 0 Å². The number of hydrogen-bond donors (Lipinski definition) is 0. The first kappa shape index (κ1) is 18.3. The summed E-state index contributed by atoms with van der Waals surface area (Å²) in [7, 11) is 0. The van der Waals surface area contributed by atoms with Crippen LogP contribution in [0, 0.1) is 12.7 Å². The molecule has 0 radical (unpaired) electrons. The van der Waals surface area contributed by atoms with Crippen molar-refractivity contribution in [2.45, 2.75) is 78.4 Å². The number of unbranched alkanes of at least 4 members (excludes halogenated alkanes) is 4. The van der Waals surface area contributed by atoms with E-state index in [0.717, 1.165) is 42.7 Å². The number of rotatable bonds is 7. The Bertz CT molecular complexity index is 493. The van der Waals surface area contributed by atoms with Gasteiger partial charge in [0.25, 0.3) is 0 Å². The Morgan fingerprint density at radius 3 is 2.39 bits per heavy atom. The highest BCUT2D eigenvalue weighted by atomic mass is 19.1. The van der Waals surface area contributed by atoms with Crippen LogP contribution in [0.4, 0.5) is 10.1 Å². The summed E-state index contributed by atoms with van der Waals surface area (Å²) in [5, 5.41) is 0. The van der Waals surface area contributed by atoms with Gasteiger partial charge in [0.05, 0.1) is 12.2 Å². The molecule has 1 unspecified atom stereocenters. The molecule has 0 amide bonds. The van der Waals surface area contributed by atoms with Crippen LogP contribution >= 0.6 is 0 Å². The van der Waals surface area contributed by atoms with Gasteiger partial charge >= 0.3 is 0 Å². The first-order valence-corrected chi connectivity index (χ1v) is 9.21. The van der Waals surface area contributed by atoms with E-state index in [1.165, 1.54) is 25.7 Å². The highest BCUT2D eigenvalue weighted by molar-refractivity contribution is 5.55. The van der Waals surface area contributed by atoms with Gasteiger partial charge < -0.3 is 9.64 Å². The van der Waals surface area contributed by atoms with Gasteiger partial charge in [-0.2, -0.15) is 0 Å². The predicted octanol–water partition coefficient (Wildman–Crippen LogP) is 5.26. The standard InChI is InChI=1S/C20H32FNO/c1-5-6-7-8-9-10-18-11-12-19(17(4)20(18)21)22-13-15(2)23-16(3)14-22/h11-12,15-16H,5-10,13-14H2,1-4H3/t15-,16?/m1/s1. The zero-order chi connectivity index (χ0) is 16.8. The number of benzene rings is 1. The molecule has 0 N–H and O–H groups in total. The lowest BCUT2D eigenvalue weighted by molar-refractivity contribution is -0.00526. The van der Waals surface area contributed by atoms with Crippen LogP contribution in [0.5, 0.6) is 0 Å². The van der Waals surface area contributed by atoms with E-state index in [4.69, 9.17) is 4.74 Å². The third kappa shape index (κ3) is 4.94. The molecule has 1 aromatic carbocycles. The Balaban J connectivity index is 2.02. The molecule has 3 heteroatoms. The van der Waals surface area contributed by atoms with E-state index in [1.807, 2.05) is 13.0 Å². The molecule has 1 aliphatic heterocycles. The number of morpholine rings is 1. The molecule has 0 aliphatic carbocycles. The second-order valence-corrected chi connectivity index (χ2v) is 7.01. The Hall–Kier alpha value is -1.09. The van der Waals surface area contributed by atoms with Gasteiger partial charge in [-0.3, -0.25) is 0 Å². The minimum Gasteiger partial charge on any atom is -0.372 e. The van der Waals surface area contributed by atoms with Crippen LogP contribution in [-0.2, 0) is 11.2 Å². The Kier molecular flexibility index (Phi) is 6.88. The summed E-state index contributed by atoms with van der Waals surface area (Å²) in [6, 6.07) is 4.09. The quantitative estimate of drug-likeness (QED) is 0.635. The van der Waals surface area contributed by atoms with Crippen LogP contribution in [-0.4, -0.2) is 25.3 Å². The van der Waals surface area contributed by atoms with Crippen molar-refractivity contribution in [2.75, 3.05) is 18.0 Å². The van der Waals surface area contributed by atoms with Gasteiger partial charge in [-0.25, -0.2) is 4.39 Å². The fourth-order valence-electron chi connectivity index (χ4n) is 3.56. The van der Waals surface area contributed by atoms with Crippen LogP contribution in [0.2, 0.25) is 0 Å². The summed E-state index contributed by atoms with van der Waals surface area (Å²) < 4.78 is 20.5. The molecule has 2 rings (SSSR count). The zero-order valence-corrected chi connectivity index (χ0v) is 15.2. The summed E-state index contributed by atoms with van der Waals surface area (Å²) in [6.07, 6.45) is 7.32. The van der Waals surface area contributed by atoms with Gasteiger partial charge in [0.15, 0.2) is 0 Å². The monoisotopic (exact) mass is 321 g/mol. The summed E-state index contributed by atoms with van der Waals surface area (Å²) >= 11 is 0. The van der Waals surface area contributed by atoms with E-state index in [1.54, 1.807) is 0 Å². The van der Waals surface area contributed by atoms with Crippen molar-refractivity contribution in [2.24, 2.45) is 0 Å². The maximum Gasteiger partial charge on any atom is 0.131 e. The second kappa shape index (κ2) is 8.68. The molecule has 0 spiro atoms. The molecule has 1 fully saturated rings. The van der Waals surface area contributed by atoms with Crippen LogP contribution in [0.15, 0.2) is 12.1 Å². The smallest absolute Gasteiger partial charge is 0.131 e.